The highest BCUT2D eigenvalue weighted by atomic mass is 32.1. The van der Waals surface area contributed by atoms with Crippen molar-refractivity contribution in [1.82, 2.24) is 19.7 Å². The number of carbonyl (C=O) groups excluding carboxylic acids is 1. The number of carbonyl (C=O) groups is 1. The van der Waals surface area contributed by atoms with Crippen molar-refractivity contribution in [1.29, 1.82) is 0 Å². The second-order valence-electron chi connectivity index (χ2n) is 6.18. The van der Waals surface area contributed by atoms with E-state index in [2.05, 4.69) is 4.98 Å². The first-order valence-corrected chi connectivity index (χ1v) is 9.40. The van der Waals surface area contributed by atoms with E-state index in [9.17, 15) is 4.79 Å². The van der Waals surface area contributed by atoms with Crippen LogP contribution in [0.3, 0.4) is 0 Å². The maximum Gasteiger partial charge on any atom is 0.228 e. The van der Waals surface area contributed by atoms with Gasteiger partial charge in [-0.3, -0.25) is 9.48 Å². The van der Waals surface area contributed by atoms with Gasteiger partial charge in [-0.2, -0.15) is 5.10 Å². The van der Waals surface area contributed by atoms with Crippen LogP contribution in [0.25, 0.3) is 11.4 Å². The van der Waals surface area contributed by atoms with Crippen LogP contribution in [0.1, 0.15) is 16.1 Å². The molecule has 1 aliphatic heterocycles. The Labute approximate surface area is 155 Å². The summed E-state index contributed by atoms with van der Waals surface area (Å²) in [6.45, 7) is 2.52. The van der Waals surface area contributed by atoms with E-state index in [1.165, 1.54) is 6.39 Å². The molecule has 0 N–H and O–H groups in total. The molecular formula is C18H20N4O3S. The number of aromatic nitrogens is 3. The molecule has 0 saturated heterocycles. The number of methoxy groups -OCH3 is 1. The van der Waals surface area contributed by atoms with Crippen molar-refractivity contribution in [3.8, 4) is 11.4 Å². The zero-order valence-corrected chi connectivity index (χ0v) is 15.4. The van der Waals surface area contributed by atoms with Crippen LogP contribution in [-0.4, -0.2) is 45.8 Å². The van der Waals surface area contributed by atoms with Crippen LogP contribution in [0, 0.1) is 0 Å². The Morgan fingerprint density at radius 1 is 1.46 bits per heavy atom. The number of hydrogen-bond donors (Lipinski definition) is 0. The first-order chi connectivity index (χ1) is 12.8. The summed E-state index contributed by atoms with van der Waals surface area (Å²) >= 11 is 1.61. The van der Waals surface area contributed by atoms with Crippen LogP contribution >= 0.6 is 11.3 Å². The largest absolute Gasteiger partial charge is 0.451 e. The van der Waals surface area contributed by atoms with E-state index >= 15 is 0 Å². The molecule has 0 aliphatic carbocycles. The van der Waals surface area contributed by atoms with E-state index in [-0.39, 0.29) is 5.91 Å². The number of nitrogens with zero attached hydrogens (tertiary/aromatic N) is 4. The second kappa shape index (κ2) is 7.43. The molecule has 0 radical (unpaired) electrons. The minimum absolute atomic E-state index is 0.147. The predicted molar refractivity (Wildman–Crippen MR) is 96.7 cm³/mol. The molecule has 0 bridgehead atoms. The molecule has 0 unspecified atom stereocenters. The summed E-state index contributed by atoms with van der Waals surface area (Å²) in [5.74, 6) is 0.147. The maximum absolute atomic E-state index is 12.7. The van der Waals surface area contributed by atoms with Crippen molar-refractivity contribution in [2.24, 2.45) is 0 Å². The van der Waals surface area contributed by atoms with Gasteiger partial charge >= 0.3 is 0 Å². The van der Waals surface area contributed by atoms with Crippen LogP contribution in [0.4, 0.5) is 0 Å². The fourth-order valence-corrected chi connectivity index (χ4v) is 3.97. The molecule has 3 aromatic heterocycles. The van der Waals surface area contributed by atoms with Gasteiger partial charge in [-0.15, -0.1) is 11.3 Å². The standard InChI is InChI=1S/C18H20N4O3S/c1-24-7-6-22-16-4-5-21(17(23)9-13-3-2-8-26-13)10-14(16)18(20-22)15-11-25-12-19-15/h2-3,8,11-12H,4-7,9-10H2,1H3. The lowest BCUT2D eigenvalue weighted by atomic mass is 10.0. The fraction of sp³-hybridized carbons (Fsp3) is 0.389. The number of thiophene rings is 1. The van der Waals surface area contributed by atoms with Crippen molar-refractivity contribution in [2.75, 3.05) is 20.3 Å². The van der Waals surface area contributed by atoms with Gasteiger partial charge in [0.25, 0.3) is 0 Å². The molecule has 0 atom stereocenters. The smallest absolute Gasteiger partial charge is 0.228 e. The second-order valence-corrected chi connectivity index (χ2v) is 7.22. The number of oxazole rings is 1. The van der Waals surface area contributed by atoms with Crippen LogP contribution in [-0.2, 0) is 35.5 Å². The van der Waals surface area contributed by atoms with Crippen LogP contribution < -0.4 is 0 Å². The number of fused-ring (bicyclic) bond motifs is 1. The number of rotatable bonds is 6. The lowest BCUT2D eigenvalue weighted by molar-refractivity contribution is -0.131. The first-order valence-electron chi connectivity index (χ1n) is 8.52. The first kappa shape index (κ1) is 17.0. The predicted octanol–water partition coefficient (Wildman–Crippen LogP) is 2.37. The summed E-state index contributed by atoms with van der Waals surface area (Å²) in [6, 6.07) is 3.98. The molecule has 0 saturated carbocycles. The van der Waals surface area contributed by atoms with Crippen molar-refractivity contribution >= 4 is 17.2 Å². The molecule has 4 heterocycles. The SMILES string of the molecule is COCCn1nc(-c2cocn2)c2c1CCN(C(=O)Cc1cccs1)C2. The average Bonchev–Trinajstić information content (AvgIpc) is 3.40. The van der Waals surface area contributed by atoms with Gasteiger partial charge in [-0.05, 0) is 11.4 Å². The molecule has 3 aromatic rings. The highest BCUT2D eigenvalue weighted by Gasteiger charge is 2.28. The molecule has 26 heavy (non-hydrogen) atoms. The van der Waals surface area contributed by atoms with Gasteiger partial charge in [-0.25, -0.2) is 4.98 Å². The monoisotopic (exact) mass is 372 g/mol. The maximum atomic E-state index is 12.7. The Balaban J connectivity index is 1.60. The number of ether oxygens (including phenoxy) is 1. The summed E-state index contributed by atoms with van der Waals surface area (Å²) in [5.41, 5.74) is 3.70. The molecule has 0 spiro atoms. The molecule has 136 valence electrons. The molecular weight excluding hydrogens is 352 g/mol. The quantitative estimate of drug-likeness (QED) is 0.664. The minimum atomic E-state index is 0.147. The molecule has 0 aromatic carbocycles. The Morgan fingerprint density at radius 2 is 2.38 bits per heavy atom. The number of amides is 1. The summed E-state index contributed by atoms with van der Waals surface area (Å²) in [5, 5.41) is 6.72. The van der Waals surface area contributed by atoms with E-state index in [0.29, 0.717) is 38.4 Å². The third-order valence-corrected chi connectivity index (χ3v) is 5.45. The van der Waals surface area contributed by atoms with Gasteiger partial charge < -0.3 is 14.1 Å². The van der Waals surface area contributed by atoms with E-state index in [1.807, 2.05) is 27.1 Å². The zero-order valence-electron chi connectivity index (χ0n) is 14.6. The van der Waals surface area contributed by atoms with Gasteiger partial charge in [-0.1, -0.05) is 6.07 Å². The summed E-state index contributed by atoms with van der Waals surface area (Å²) in [7, 11) is 1.68. The lowest BCUT2D eigenvalue weighted by Gasteiger charge is -2.28. The van der Waals surface area contributed by atoms with Crippen molar-refractivity contribution in [3.05, 3.63) is 46.3 Å². The molecule has 0 fully saturated rings. The van der Waals surface area contributed by atoms with Crippen LogP contribution in [0.2, 0.25) is 0 Å². The summed E-state index contributed by atoms with van der Waals surface area (Å²) in [6.07, 6.45) is 4.22. The third-order valence-electron chi connectivity index (χ3n) is 4.57. The van der Waals surface area contributed by atoms with Crippen molar-refractivity contribution in [3.63, 3.8) is 0 Å². The molecule has 7 nitrogen and oxygen atoms in total. The molecule has 1 amide bonds. The van der Waals surface area contributed by atoms with E-state index < -0.39 is 0 Å². The minimum Gasteiger partial charge on any atom is -0.451 e. The van der Waals surface area contributed by atoms with Gasteiger partial charge in [0, 0.05) is 42.8 Å². The Morgan fingerprint density at radius 3 is 3.12 bits per heavy atom. The zero-order chi connectivity index (χ0) is 17.9. The summed E-state index contributed by atoms with van der Waals surface area (Å²) in [4.78, 5) is 19.9. The van der Waals surface area contributed by atoms with Gasteiger partial charge in [0.05, 0.1) is 19.6 Å². The Bertz CT molecular complexity index is 871. The van der Waals surface area contributed by atoms with Crippen LogP contribution in [0.15, 0.2) is 34.6 Å². The van der Waals surface area contributed by atoms with Crippen LogP contribution in [0.5, 0.6) is 0 Å². The molecule has 8 heteroatoms. The van der Waals surface area contributed by atoms with Gasteiger partial charge in [0.2, 0.25) is 5.91 Å². The Kier molecular flexibility index (Phi) is 4.85. The molecule has 1 aliphatic rings. The highest BCUT2D eigenvalue weighted by Crippen LogP contribution is 2.29. The van der Waals surface area contributed by atoms with Gasteiger partial charge in [0.15, 0.2) is 6.39 Å². The van der Waals surface area contributed by atoms with E-state index in [0.717, 1.165) is 28.2 Å². The summed E-state index contributed by atoms with van der Waals surface area (Å²) < 4.78 is 12.3. The van der Waals surface area contributed by atoms with E-state index in [4.69, 9.17) is 14.3 Å². The highest BCUT2D eigenvalue weighted by molar-refractivity contribution is 7.10. The topological polar surface area (TPSA) is 73.4 Å². The number of hydrogen-bond acceptors (Lipinski definition) is 6. The lowest BCUT2D eigenvalue weighted by Crippen LogP contribution is -2.37. The normalized spacial score (nSPS) is 13.8. The van der Waals surface area contributed by atoms with E-state index in [1.54, 1.807) is 24.7 Å². The fourth-order valence-electron chi connectivity index (χ4n) is 3.28. The van der Waals surface area contributed by atoms with Crippen molar-refractivity contribution in [2.45, 2.75) is 25.9 Å². The Hall–Kier alpha value is -2.45. The third kappa shape index (κ3) is 3.30. The van der Waals surface area contributed by atoms with Crippen molar-refractivity contribution < 1.29 is 13.9 Å². The average molecular weight is 372 g/mol. The van der Waals surface area contributed by atoms with Gasteiger partial charge in [0.1, 0.15) is 17.7 Å². The molecule has 4 rings (SSSR count).